The SMILES string of the molecule is COc1cccc(C(=O)N[C@H](C)c2ccccn2)c1. The number of aromatic nitrogens is 1. The lowest BCUT2D eigenvalue weighted by Crippen LogP contribution is -2.27. The molecule has 1 N–H and O–H groups in total. The molecule has 0 saturated carbocycles. The Balaban J connectivity index is 2.08. The van der Waals surface area contributed by atoms with Crippen LogP contribution in [-0.4, -0.2) is 18.0 Å². The van der Waals surface area contributed by atoms with Crippen molar-refractivity contribution in [1.82, 2.24) is 10.3 Å². The molecule has 2 aromatic rings. The van der Waals surface area contributed by atoms with E-state index in [2.05, 4.69) is 10.3 Å². The van der Waals surface area contributed by atoms with E-state index in [4.69, 9.17) is 4.74 Å². The van der Waals surface area contributed by atoms with Gasteiger partial charge in [0.15, 0.2) is 0 Å². The minimum absolute atomic E-state index is 0.139. The molecule has 1 aromatic heterocycles. The molecule has 1 aromatic carbocycles. The highest BCUT2D eigenvalue weighted by atomic mass is 16.5. The van der Waals surface area contributed by atoms with Crippen molar-refractivity contribution in [3.8, 4) is 5.75 Å². The molecule has 0 unspecified atom stereocenters. The van der Waals surface area contributed by atoms with E-state index < -0.39 is 0 Å². The maximum absolute atomic E-state index is 12.1. The van der Waals surface area contributed by atoms with Crippen LogP contribution in [0.1, 0.15) is 29.0 Å². The molecule has 0 saturated heterocycles. The van der Waals surface area contributed by atoms with E-state index >= 15 is 0 Å². The zero-order valence-electron chi connectivity index (χ0n) is 11.0. The van der Waals surface area contributed by atoms with Crippen LogP contribution >= 0.6 is 0 Å². The Labute approximate surface area is 112 Å². The minimum atomic E-state index is -0.142. The molecule has 0 spiro atoms. The third-order valence-corrected chi connectivity index (χ3v) is 2.81. The summed E-state index contributed by atoms with van der Waals surface area (Å²) in [5, 5.41) is 2.91. The lowest BCUT2D eigenvalue weighted by Gasteiger charge is -2.13. The first-order valence-corrected chi connectivity index (χ1v) is 6.06. The number of benzene rings is 1. The van der Waals surface area contributed by atoms with Crippen LogP contribution in [0.2, 0.25) is 0 Å². The average Bonchev–Trinajstić information content (AvgIpc) is 2.48. The number of rotatable bonds is 4. The highest BCUT2D eigenvalue weighted by Gasteiger charge is 2.12. The third-order valence-electron chi connectivity index (χ3n) is 2.81. The van der Waals surface area contributed by atoms with Crippen molar-refractivity contribution in [2.75, 3.05) is 7.11 Å². The van der Waals surface area contributed by atoms with Gasteiger partial charge in [0, 0.05) is 11.8 Å². The van der Waals surface area contributed by atoms with Gasteiger partial charge in [-0.15, -0.1) is 0 Å². The Morgan fingerprint density at radius 2 is 2.11 bits per heavy atom. The lowest BCUT2D eigenvalue weighted by atomic mass is 10.1. The van der Waals surface area contributed by atoms with Gasteiger partial charge in [-0.25, -0.2) is 0 Å². The first kappa shape index (κ1) is 13.1. The number of carbonyl (C=O) groups is 1. The second kappa shape index (κ2) is 6.00. The average molecular weight is 256 g/mol. The Hall–Kier alpha value is -2.36. The van der Waals surface area contributed by atoms with Crippen LogP contribution in [0.15, 0.2) is 48.7 Å². The molecule has 0 radical (unpaired) electrons. The van der Waals surface area contributed by atoms with E-state index in [0.717, 1.165) is 5.69 Å². The number of pyridine rings is 1. The predicted octanol–water partition coefficient (Wildman–Crippen LogP) is 2.58. The number of amides is 1. The second-order valence-electron chi connectivity index (χ2n) is 4.18. The van der Waals surface area contributed by atoms with E-state index in [1.165, 1.54) is 0 Å². The molecule has 1 heterocycles. The van der Waals surface area contributed by atoms with Crippen molar-refractivity contribution >= 4 is 5.91 Å². The summed E-state index contributed by atoms with van der Waals surface area (Å²) in [6.45, 7) is 1.90. The number of carbonyl (C=O) groups excluding carboxylic acids is 1. The summed E-state index contributed by atoms with van der Waals surface area (Å²) in [5.41, 5.74) is 1.40. The summed E-state index contributed by atoms with van der Waals surface area (Å²) >= 11 is 0. The van der Waals surface area contributed by atoms with Gasteiger partial charge in [0.1, 0.15) is 5.75 Å². The second-order valence-corrected chi connectivity index (χ2v) is 4.18. The summed E-state index contributed by atoms with van der Waals surface area (Å²) in [5.74, 6) is 0.523. The van der Waals surface area contributed by atoms with Crippen molar-refractivity contribution in [2.45, 2.75) is 13.0 Å². The van der Waals surface area contributed by atoms with E-state index in [-0.39, 0.29) is 11.9 Å². The number of nitrogens with zero attached hydrogens (tertiary/aromatic N) is 1. The fourth-order valence-corrected chi connectivity index (χ4v) is 1.75. The molecule has 0 aliphatic carbocycles. The predicted molar refractivity (Wildman–Crippen MR) is 73.1 cm³/mol. The number of methoxy groups -OCH3 is 1. The Bertz CT molecular complexity index is 555. The van der Waals surface area contributed by atoms with Gasteiger partial charge in [-0.05, 0) is 37.3 Å². The standard InChI is InChI=1S/C15H16N2O2/c1-11(14-8-3-4-9-16-14)17-15(18)12-6-5-7-13(10-12)19-2/h3-11H,1-2H3,(H,17,18)/t11-/m1/s1. The van der Waals surface area contributed by atoms with Crippen molar-refractivity contribution < 1.29 is 9.53 Å². The number of hydrogen-bond acceptors (Lipinski definition) is 3. The topological polar surface area (TPSA) is 51.2 Å². The van der Waals surface area contributed by atoms with Crippen molar-refractivity contribution in [1.29, 1.82) is 0 Å². The summed E-state index contributed by atoms with van der Waals surface area (Å²) in [7, 11) is 1.58. The number of hydrogen-bond donors (Lipinski definition) is 1. The lowest BCUT2D eigenvalue weighted by molar-refractivity contribution is 0.0939. The van der Waals surface area contributed by atoms with Crippen LogP contribution in [0, 0.1) is 0 Å². The smallest absolute Gasteiger partial charge is 0.251 e. The fourth-order valence-electron chi connectivity index (χ4n) is 1.75. The normalized spacial score (nSPS) is 11.7. The third kappa shape index (κ3) is 3.31. The van der Waals surface area contributed by atoms with Gasteiger partial charge in [0.25, 0.3) is 5.91 Å². The molecule has 98 valence electrons. The molecular weight excluding hydrogens is 240 g/mol. The van der Waals surface area contributed by atoms with Crippen LogP contribution in [0.4, 0.5) is 0 Å². The summed E-state index contributed by atoms with van der Waals surface area (Å²) in [6, 6.07) is 12.6. The van der Waals surface area contributed by atoms with Crippen LogP contribution in [-0.2, 0) is 0 Å². The Kier molecular flexibility index (Phi) is 4.13. The number of nitrogens with one attached hydrogen (secondary N) is 1. The van der Waals surface area contributed by atoms with Crippen molar-refractivity contribution in [3.63, 3.8) is 0 Å². The zero-order chi connectivity index (χ0) is 13.7. The van der Waals surface area contributed by atoms with E-state index in [1.54, 1.807) is 37.6 Å². The molecule has 0 aliphatic heterocycles. The molecule has 0 aliphatic rings. The zero-order valence-corrected chi connectivity index (χ0v) is 11.0. The van der Waals surface area contributed by atoms with Gasteiger partial charge in [0.2, 0.25) is 0 Å². The van der Waals surface area contributed by atoms with Crippen LogP contribution in [0.3, 0.4) is 0 Å². The molecule has 4 nitrogen and oxygen atoms in total. The van der Waals surface area contributed by atoms with Gasteiger partial charge in [-0.2, -0.15) is 0 Å². The first-order chi connectivity index (χ1) is 9.20. The van der Waals surface area contributed by atoms with Gasteiger partial charge < -0.3 is 10.1 Å². The van der Waals surface area contributed by atoms with Crippen LogP contribution < -0.4 is 10.1 Å². The molecule has 0 bridgehead atoms. The maximum Gasteiger partial charge on any atom is 0.251 e. The Morgan fingerprint density at radius 3 is 2.79 bits per heavy atom. The van der Waals surface area contributed by atoms with Gasteiger partial charge in [-0.1, -0.05) is 12.1 Å². The van der Waals surface area contributed by atoms with E-state index in [9.17, 15) is 4.79 Å². The molecule has 19 heavy (non-hydrogen) atoms. The van der Waals surface area contributed by atoms with Gasteiger partial charge in [-0.3, -0.25) is 9.78 Å². The quantitative estimate of drug-likeness (QED) is 0.914. The van der Waals surface area contributed by atoms with Crippen molar-refractivity contribution in [3.05, 3.63) is 59.9 Å². The van der Waals surface area contributed by atoms with Crippen LogP contribution in [0.25, 0.3) is 0 Å². The molecular formula is C15H16N2O2. The summed E-state index contributed by atoms with van der Waals surface area (Å²) in [6.07, 6.45) is 1.71. The van der Waals surface area contributed by atoms with Crippen LogP contribution in [0.5, 0.6) is 5.75 Å². The largest absolute Gasteiger partial charge is 0.497 e. The molecule has 4 heteroatoms. The fraction of sp³-hybridized carbons (Fsp3) is 0.200. The highest BCUT2D eigenvalue weighted by Crippen LogP contribution is 2.14. The van der Waals surface area contributed by atoms with E-state index in [1.807, 2.05) is 25.1 Å². The molecule has 1 atom stereocenters. The summed E-state index contributed by atoms with van der Waals surface area (Å²) in [4.78, 5) is 16.3. The maximum atomic E-state index is 12.1. The summed E-state index contributed by atoms with van der Waals surface area (Å²) < 4.78 is 5.10. The van der Waals surface area contributed by atoms with E-state index in [0.29, 0.717) is 11.3 Å². The molecule has 0 fully saturated rings. The first-order valence-electron chi connectivity index (χ1n) is 6.06. The molecule has 1 amide bonds. The minimum Gasteiger partial charge on any atom is -0.497 e. The molecule has 2 rings (SSSR count). The highest BCUT2D eigenvalue weighted by molar-refractivity contribution is 5.94. The monoisotopic (exact) mass is 256 g/mol. The Morgan fingerprint density at radius 1 is 1.26 bits per heavy atom. The van der Waals surface area contributed by atoms with Crippen molar-refractivity contribution in [2.24, 2.45) is 0 Å². The van der Waals surface area contributed by atoms with Gasteiger partial charge in [0.05, 0.1) is 18.8 Å². The van der Waals surface area contributed by atoms with Gasteiger partial charge >= 0.3 is 0 Å². The number of ether oxygens (including phenoxy) is 1.